The number of ketones is 1. The van der Waals surface area contributed by atoms with E-state index in [0.29, 0.717) is 32.0 Å². The average molecular weight is 266 g/mol. The molecule has 0 aliphatic heterocycles. The number of aryl methyl sites for hydroxylation is 1. The molecule has 1 aromatic rings. The molecule has 106 valence electrons. The SMILES string of the molecule is COCCOCCOC(C)C(=O)c1ccc(C)cc1. The number of methoxy groups -OCH3 is 1. The number of rotatable bonds is 9. The first-order chi connectivity index (χ1) is 9.15. The van der Waals surface area contributed by atoms with Crippen LogP contribution in [0.2, 0.25) is 0 Å². The summed E-state index contributed by atoms with van der Waals surface area (Å²) in [5, 5.41) is 0. The first-order valence-electron chi connectivity index (χ1n) is 6.44. The highest BCUT2D eigenvalue weighted by molar-refractivity contribution is 5.99. The number of benzene rings is 1. The molecule has 0 saturated heterocycles. The molecule has 4 heteroatoms. The van der Waals surface area contributed by atoms with Crippen LogP contribution in [0.1, 0.15) is 22.8 Å². The first kappa shape index (κ1) is 15.8. The third kappa shape index (κ3) is 5.96. The van der Waals surface area contributed by atoms with E-state index in [1.165, 1.54) is 0 Å². The van der Waals surface area contributed by atoms with Crippen LogP contribution < -0.4 is 0 Å². The van der Waals surface area contributed by atoms with Crippen molar-refractivity contribution < 1.29 is 19.0 Å². The zero-order valence-corrected chi connectivity index (χ0v) is 11.8. The summed E-state index contributed by atoms with van der Waals surface area (Å²) in [5.74, 6) is -0.00288. The standard InChI is InChI=1S/C15H22O4/c1-12-4-6-14(7-5-12)15(16)13(2)19-11-10-18-9-8-17-3/h4-7,13H,8-11H2,1-3H3. The molecule has 0 saturated carbocycles. The van der Waals surface area contributed by atoms with Gasteiger partial charge >= 0.3 is 0 Å². The van der Waals surface area contributed by atoms with Gasteiger partial charge in [0, 0.05) is 12.7 Å². The maximum atomic E-state index is 12.0. The second-order valence-electron chi connectivity index (χ2n) is 4.35. The van der Waals surface area contributed by atoms with E-state index in [0.717, 1.165) is 5.56 Å². The Bertz CT molecular complexity index is 372. The van der Waals surface area contributed by atoms with E-state index in [1.54, 1.807) is 14.0 Å². The lowest BCUT2D eigenvalue weighted by molar-refractivity contribution is 0.00355. The van der Waals surface area contributed by atoms with Crippen LogP contribution in [0.4, 0.5) is 0 Å². The molecule has 0 aliphatic rings. The molecule has 0 aromatic heterocycles. The third-order valence-electron chi connectivity index (χ3n) is 2.73. The van der Waals surface area contributed by atoms with Gasteiger partial charge in [-0.2, -0.15) is 0 Å². The Kier molecular flexibility index (Phi) is 7.33. The van der Waals surface area contributed by atoms with Gasteiger partial charge in [0.15, 0.2) is 5.78 Å². The molecule has 0 spiro atoms. The van der Waals surface area contributed by atoms with Crippen molar-refractivity contribution in [1.82, 2.24) is 0 Å². The average Bonchev–Trinajstić information content (AvgIpc) is 2.42. The number of ether oxygens (including phenoxy) is 3. The quantitative estimate of drug-likeness (QED) is 0.508. The molecule has 1 aromatic carbocycles. The molecule has 1 unspecified atom stereocenters. The maximum Gasteiger partial charge on any atom is 0.191 e. The maximum absolute atomic E-state index is 12.0. The molecule has 0 N–H and O–H groups in total. The summed E-state index contributed by atoms with van der Waals surface area (Å²) in [4.78, 5) is 12.0. The Hall–Kier alpha value is -1.23. The van der Waals surface area contributed by atoms with Crippen LogP contribution in [0.5, 0.6) is 0 Å². The van der Waals surface area contributed by atoms with Gasteiger partial charge in [-0.15, -0.1) is 0 Å². The molecule has 1 rings (SSSR count). The number of hydrogen-bond acceptors (Lipinski definition) is 4. The minimum Gasteiger partial charge on any atom is -0.382 e. The molecule has 0 fully saturated rings. The van der Waals surface area contributed by atoms with Crippen LogP contribution in [0.15, 0.2) is 24.3 Å². The third-order valence-corrected chi connectivity index (χ3v) is 2.73. The predicted molar refractivity (Wildman–Crippen MR) is 73.6 cm³/mol. The van der Waals surface area contributed by atoms with Crippen LogP contribution >= 0.6 is 0 Å². The van der Waals surface area contributed by atoms with E-state index >= 15 is 0 Å². The molecule has 0 heterocycles. The van der Waals surface area contributed by atoms with Crippen molar-refractivity contribution in [3.63, 3.8) is 0 Å². The topological polar surface area (TPSA) is 44.8 Å². The Labute approximate surface area is 114 Å². The van der Waals surface area contributed by atoms with Crippen molar-refractivity contribution in [3.05, 3.63) is 35.4 Å². The van der Waals surface area contributed by atoms with Crippen molar-refractivity contribution in [3.8, 4) is 0 Å². The van der Waals surface area contributed by atoms with Crippen molar-refractivity contribution in [2.45, 2.75) is 20.0 Å². The molecule has 0 amide bonds. The lowest BCUT2D eigenvalue weighted by Crippen LogP contribution is -2.23. The van der Waals surface area contributed by atoms with E-state index in [9.17, 15) is 4.79 Å². The molecule has 19 heavy (non-hydrogen) atoms. The molecule has 1 atom stereocenters. The van der Waals surface area contributed by atoms with Gasteiger partial charge in [0.1, 0.15) is 6.10 Å². The molecule has 4 nitrogen and oxygen atoms in total. The summed E-state index contributed by atoms with van der Waals surface area (Å²) in [6.45, 7) is 5.73. The number of carbonyl (C=O) groups excluding carboxylic acids is 1. The van der Waals surface area contributed by atoms with Crippen LogP contribution in [-0.4, -0.2) is 45.4 Å². The Balaban J connectivity index is 2.27. The van der Waals surface area contributed by atoms with Gasteiger partial charge in [-0.05, 0) is 13.8 Å². The van der Waals surface area contributed by atoms with E-state index in [1.807, 2.05) is 31.2 Å². The van der Waals surface area contributed by atoms with Gasteiger partial charge in [0.25, 0.3) is 0 Å². The van der Waals surface area contributed by atoms with Crippen molar-refractivity contribution in [1.29, 1.82) is 0 Å². The van der Waals surface area contributed by atoms with Crippen LogP contribution in [0, 0.1) is 6.92 Å². The lowest BCUT2D eigenvalue weighted by Gasteiger charge is -2.12. The zero-order valence-electron chi connectivity index (χ0n) is 11.8. The van der Waals surface area contributed by atoms with Gasteiger partial charge < -0.3 is 14.2 Å². The van der Waals surface area contributed by atoms with E-state index in [-0.39, 0.29) is 5.78 Å². The van der Waals surface area contributed by atoms with E-state index in [4.69, 9.17) is 14.2 Å². The Morgan fingerprint density at radius 3 is 2.37 bits per heavy atom. The number of Topliss-reactive ketones (excluding diaryl/α,β-unsaturated/α-hetero) is 1. The minimum atomic E-state index is -0.450. The Morgan fingerprint density at radius 2 is 1.74 bits per heavy atom. The van der Waals surface area contributed by atoms with Gasteiger partial charge in [0.2, 0.25) is 0 Å². The van der Waals surface area contributed by atoms with Gasteiger partial charge in [-0.1, -0.05) is 29.8 Å². The fraction of sp³-hybridized carbons (Fsp3) is 0.533. The summed E-state index contributed by atoms with van der Waals surface area (Å²) in [6, 6.07) is 7.50. The van der Waals surface area contributed by atoms with Crippen molar-refractivity contribution in [2.75, 3.05) is 33.5 Å². The minimum absolute atomic E-state index is 0.00288. The number of hydrogen-bond donors (Lipinski definition) is 0. The summed E-state index contributed by atoms with van der Waals surface area (Å²) >= 11 is 0. The summed E-state index contributed by atoms with van der Waals surface area (Å²) in [5.41, 5.74) is 1.81. The molecule has 0 aliphatic carbocycles. The fourth-order valence-corrected chi connectivity index (χ4v) is 1.56. The smallest absolute Gasteiger partial charge is 0.191 e. The van der Waals surface area contributed by atoms with Crippen LogP contribution in [0.25, 0.3) is 0 Å². The highest BCUT2D eigenvalue weighted by Gasteiger charge is 2.15. The molecule has 0 radical (unpaired) electrons. The van der Waals surface area contributed by atoms with Crippen LogP contribution in [-0.2, 0) is 14.2 Å². The Morgan fingerprint density at radius 1 is 1.11 bits per heavy atom. The highest BCUT2D eigenvalue weighted by Crippen LogP contribution is 2.08. The molecular formula is C15H22O4. The summed E-state index contributed by atoms with van der Waals surface area (Å²) in [7, 11) is 1.63. The second kappa shape index (κ2) is 8.80. The summed E-state index contributed by atoms with van der Waals surface area (Å²) in [6.07, 6.45) is -0.450. The fourth-order valence-electron chi connectivity index (χ4n) is 1.56. The molecular weight excluding hydrogens is 244 g/mol. The van der Waals surface area contributed by atoms with Crippen molar-refractivity contribution in [2.24, 2.45) is 0 Å². The normalized spacial score (nSPS) is 12.4. The predicted octanol–water partition coefficient (Wildman–Crippen LogP) is 2.25. The number of carbonyl (C=O) groups is 1. The molecule has 0 bridgehead atoms. The van der Waals surface area contributed by atoms with Crippen LogP contribution in [0.3, 0.4) is 0 Å². The highest BCUT2D eigenvalue weighted by atomic mass is 16.5. The van der Waals surface area contributed by atoms with Gasteiger partial charge in [-0.25, -0.2) is 0 Å². The zero-order chi connectivity index (χ0) is 14.1. The largest absolute Gasteiger partial charge is 0.382 e. The lowest BCUT2D eigenvalue weighted by atomic mass is 10.1. The van der Waals surface area contributed by atoms with Gasteiger partial charge in [-0.3, -0.25) is 4.79 Å². The van der Waals surface area contributed by atoms with E-state index in [2.05, 4.69) is 0 Å². The monoisotopic (exact) mass is 266 g/mol. The second-order valence-corrected chi connectivity index (χ2v) is 4.35. The summed E-state index contributed by atoms with van der Waals surface area (Å²) < 4.78 is 15.6. The van der Waals surface area contributed by atoms with E-state index < -0.39 is 6.10 Å². The first-order valence-corrected chi connectivity index (χ1v) is 6.44. The van der Waals surface area contributed by atoms with Gasteiger partial charge in [0.05, 0.1) is 26.4 Å². The van der Waals surface area contributed by atoms with Crippen molar-refractivity contribution >= 4 is 5.78 Å².